The summed E-state index contributed by atoms with van der Waals surface area (Å²) in [4.78, 5) is 0. The van der Waals surface area contributed by atoms with Crippen LogP contribution in [0.4, 0.5) is 0 Å². The van der Waals surface area contributed by atoms with Crippen molar-refractivity contribution in [3.05, 3.63) is 41.6 Å². The largest absolute Gasteiger partial charge is 0.312 e. The van der Waals surface area contributed by atoms with Gasteiger partial charge in [0.2, 0.25) is 0 Å². The van der Waals surface area contributed by atoms with Gasteiger partial charge in [0.05, 0.1) is 5.69 Å². The van der Waals surface area contributed by atoms with Gasteiger partial charge in [-0.05, 0) is 44.0 Å². The number of aromatic nitrogens is 2. The molecule has 0 spiro atoms. The van der Waals surface area contributed by atoms with E-state index >= 15 is 0 Å². The van der Waals surface area contributed by atoms with Crippen LogP contribution in [0.1, 0.15) is 31.0 Å². The van der Waals surface area contributed by atoms with Crippen LogP contribution >= 0.6 is 0 Å². The van der Waals surface area contributed by atoms with E-state index in [1.165, 1.54) is 22.4 Å². The quantitative estimate of drug-likeness (QED) is 0.876. The number of hydrogen-bond donors (Lipinski definition) is 1. The van der Waals surface area contributed by atoms with Crippen molar-refractivity contribution in [1.82, 2.24) is 15.1 Å². The van der Waals surface area contributed by atoms with E-state index in [4.69, 9.17) is 0 Å². The Morgan fingerprint density at radius 3 is 3.00 bits per heavy atom. The van der Waals surface area contributed by atoms with Crippen molar-refractivity contribution in [2.45, 2.75) is 32.9 Å². The molecule has 0 fully saturated rings. The van der Waals surface area contributed by atoms with E-state index in [-0.39, 0.29) is 0 Å². The van der Waals surface area contributed by atoms with Gasteiger partial charge in [-0.2, -0.15) is 5.10 Å². The van der Waals surface area contributed by atoms with Crippen LogP contribution in [0.15, 0.2) is 30.5 Å². The van der Waals surface area contributed by atoms with Gasteiger partial charge in [-0.1, -0.05) is 18.2 Å². The second-order valence-corrected chi connectivity index (χ2v) is 5.12. The fourth-order valence-electron chi connectivity index (χ4n) is 2.71. The molecule has 0 unspecified atom stereocenters. The van der Waals surface area contributed by atoms with E-state index in [9.17, 15) is 0 Å². The summed E-state index contributed by atoms with van der Waals surface area (Å²) < 4.78 is 2.11. The van der Waals surface area contributed by atoms with Crippen molar-refractivity contribution in [1.29, 1.82) is 0 Å². The molecule has 0 amide bonds. The number of fused-ring (bicyclic) bond motifs is 1. The molecule has 1 aliphatic heterocycles. The van der Waals surface area contributed by atoms with Crippen LogP contribution in [-0.4, -0.2) is 16.3 Å². The second kappa shape index (κ2) is 4.58. The fourth-order valence-corrected chi connectivity index (χ4v) is 2.71. The van der Waals surface area contributed by atoms with Gasteiger partial charge in [0, 0.05) is 24.3 Å². The van der Waals surface area contributed by atoms with Gasteiger partial charge >= 0.3 is 0 Å². The first-order valence-corrected chi connectivity index (χ1v) is 6.62. The summed E-state index contributed by atoms with van der Waals surface area (Å²) in [6, 6.07) is 9.12. The first kappa shape index (κ1) is 11.5. The molecule has 1 aromatic carbocycles. The fraction of sp³-hybridized carbons (Fsp3) is 0.400. The van der Waals surface area contributed by atoms with E-state index in [2.05, 4.69) is 53.2 Å². The third-order valence-electron chi connectivity index (χ3n) is 3.58. The van der Waals surface area contributed by atoms with Gasteiger partial charge in [0.25, 0.3) is 0 Å². The number of rotatable bonds is 2. The summed E-state index contributed by atoms with van der Waals surface area (Å²) in [7, 11) is 0. The Kier molecular flexibility index (Phi) is 2.92. The Labute approximate surface area is 108 Å². The Morgan fingerprint density at radius 1 is 1.28 bits per heavy atom. The summed E-state index contributed by atoms with van der Waals surface area (Å²) >= 11 is 0. The highest BCUT2D eigenvalue weighted by molar-refractivity contribution is 5.66. The molecule has 3 rings (SSSR count). The molecular weight excluding hydrogens is 222 g/mol. The van der Waals surface area contributed by atoms with Gasteiger partial charge in [0.1, 0.15) is 0 Å². The first-order valence-electron chi connectivity index (χ1n) is 6.62. The Hall–Kier alpha value is -1.61. The van der Waals surface area contributed by atoms with Crippen molar-refractivity contribution in [2.24, 2.45) is 0 Å². The molecule has 0 atom stereocenters. The van der Waals surface area contributed by atoms with Gasteiger partial charge < -0.3 is 5.32 Å². The van der Waals surface area contributed by atoms with Crippen molar-refractivity contribution in [2.75, 3.05) is 6.54 Å². The van der Waals surface area contributed by atoms with Gasteiger partial charge in [-0.25, -0.2) is 0 Å². The highest BCUT2D eigenvalue weighted by atomic mass is 15.3. The van der Waals surface area contributed by atoms with Crippen LogP contribution in [0.5, 0.6) is 0 Å². The summed E-state index contributed by atoms with van der Waals surface area (Å²) in [5, 5.41) is 7.87. The molecule has 2 heterocycles. The zero-order chi connectivity index (χ0) is 12.5. The lowest BCUT2D eigenvalue weighted by atomic mass is 9.94. The highest BCUT2D eigenvalue weighted by Gasteiger charge is 2.16. The summed E-state index contributed by atoms with van der Waals surface area (Å²) in [5.41, 5.74) is 5.50. The Bertz CT molecular complexity index is 555. The van der Waals surface area contributed by atoms with Crippen molar-refractivity contribution in [3.63, 3.8) is 0 Å². The van der Waals surface area contributed by atoms with Crippen LogP contribution < -0.4 is 5.32 Å². The minimum atomic E-state index is 0.396. The van der Waals surface area contributed by atoms with E-state index in [1.54, 1.807) is 0 Å². The van der Waals surface area contributed by atoms with E-state index in [1.807, 2.05) is 6.20 Å². The molecule has 0 aliphatic carbocycles. The van der Waals surface area contributed by atoms with E-state index in [0.29, 0.717) is 6.04 Å². The molecule has 1 aliphatic rings. The normalized spacial score (nSPS) is 14.8. The molecule has 3 nitrogen and oxygen atoms in total. The SMILES string of the molecule is CC(C)n1nccc1-c1cccc2c1CCNC2. The maximum Gasteiger partial charge on any atom is 0.0688 e. The Balaban J connectivity index is 2.14. The van der Waals surface area contributed by atoms with Crippen LogP contribution in [0.2, 0.25) is 0 Å². The minimum absolute atomic E-state index is 0.396. The molecule has 1 N–H and O–H groups in total. The van der Waals surface area contributed by atoms with E-state index < -0.39 is 0 Å². The predicted molar refractivity (Wildman–Crippen MR) is 73.5 cm³/mol. The number of nitrogens with zero attached hydrogens (tertiary/aromatic N) is 2. The summed E-state index contributed by atoms with van der Waals surface area (Å²) in [6.45, 7) is 6.40. The van der Waals surface area contributed by atoms with Gasteiger partial charge in [-0.15, -0.1) is 0 Å². The predicted octanol–water partition coefficient (Wildman–Crippen LogP) is 2.78. The molecular formula is C15H19N3. The lowest BCUT2D eigenvalue weighted by Gasteiger charge is -2.21. The molecule has 94 valence electrons. The molecule has 0 saturated carbocycles. The van der Waals surface area contributed by atoms with Crippen LogP contribution in [0.3, 0.4) is 0 Å². The van der Waals surface area contributed by atoms with Gasteiger partial charge in [0.15, 0.2) is 0 Å². The molecule has 0 bridgehead atoms. The smallest absolute Gasteiger partial charge is 0.0688 e. The average molecular weight is 241 g/mol. The second-order valence-electron chi connectivity index (χ2n) is 5.12. The van der Waals surface area contributed by atoms with Gasteiger partial charge in [-0.3, -0.25) is 4.68 Å². The van der Waals surface area contributed by atoms with Crippen LogP contribution in [0.25, 0.3) is 11.3 Å². The maximum atomic E-state index is 4.44. The third-order valence-corrected chi connectivity index (χ3v) is 3.58. The number of hydrogen-bond acceptors (Lipinski definition) is 2. The zero-order valence-corrected chi connectivity index (χ0v) is 11.0. The molecule has 2 aromatic rings. The lowest BCUT2D eigenvalue weighted by Crippen LogP contribution is -2.24. The molecule has 18 heavy (non-hydrogen) atoms. The lowest BCUT2D eigenvalue weighted by molar-refractivity contribution is 0.538. The molecule has 0 radical (unpaired) electrons. The van der Waals surface area contributed by atoms with Crippen molar-refractivity contribution in [3.8, 4) is 11.3 Å². The minimum Gasteiger partial charge on any atom is -0.312 e. The summed E-state index contributed by atoms with van der Waals surface area (Å²) in [6.07, 6.45) is 3.00. The van der Waals surface area contributed by atoms with Crippen molar-refractivity contribution >= 4 is 0 Å². The van der Waals surface area contributed by atoms with Crippen molar-refractivity contribution < 1.29 is 0 Å². The van der Waals surface area contributed by atoms with E-state index in [0.717, 1.165) is 19.5 Å². The molecule has 0 saturated heterocycles. The van der Waals surface area contributed by atoms with Crippen LogP contribution in [-0.2, 0) is 13.0 Å². The Morgan fingerprint density at radius 2 is 2.17 bits per heavy atom. The standard InChI is InChI=1S/C15H19N3/c1-11(2)18-15(7-9-17-18)14-5-3-4-12-10-16-8-6-13(12)14/h3-5,7,9,11,16H,6,8,10H2,1-2H3. The summed E-state index contributed by atoms with van der Waals surface area (Å²) in [5.74, 6) is 0. The monoisotopic (exact) mass is 241 g/mol. The average Bonchev–Trinajstić information content (AvgIpc) is 2.87. The number of benzene rings is 1. The highest BCUT2D eigenvalue weighted by Crippen LogP contribution is 2.29. The zero-order valence-electron chi connectivity index (χ0n) is 11.0. The number of nitrogens with one attached hydrogen (secondary N) is 1. The first-order chi connectivity index (χ1) is 8.77. The maximum absolute atomic E-state index is 4.44. The third kappa shape index (κ3) is 1.85. The molecule has 3 heteroatoms. The van der Waals surface area contributed by atoms with Crippen LogP contribution in [0, 0.1) is 0 Å². The molecule has 1 aromatic heterocycles. The topological polar surface area (TPSA) is 29.9 Å².